The largest absolute Gasteiger partial charge is 0.377 e. The third-order valence-electron chi connectivity index (χ3n) is 5.08. The molecule has 0 bridgehead atoms. The van der Waals surface area contributed by atoms with Crippen LogP contribution in [0.5, 0.6) is 0 Å². The molecule has 1 saturated heterocycles. The molecule has 7 heteroatoms. The zero-order chi connectivity index (χ0) is 16.9. The average Bonchev–Trinajstić information content (AvgIpc) is 3.34. The van der Waals surface area contributed by atoms with Crippen molar-refractivity contribution in [3.63, 3.8) is 0 Å². The summed E-state index contributed by atoms with van der Waals surface area (Å²) in [6.07, 6.45) is 1.82. The number of ether oxygens (including phenoxy) is 1. The number of hydrogen-bond donors (Lipinski definition) is 0. The van der Waals surface area contributed by atoms with Crippen LogP contribution in [0.3, 0.4) is 0 Å². The van der Waals surface area contributed by atoms with Gasteiger partial charge in [-0.25, -0.2) is 4.98 Å². The Balaban J connectivity index is 1.94. The molecule has 0 N–H and O–H groups in total. The van der Waals surface area contributed by atoms with Crippen LogP contribution in [0.4, 0.5) is 5.82 Å². The predicted molar refractivity (Wildman–Crippen MR) is 95.1 cm³/mol. The molecule has 3 heterocycles. The van der Waals surface area contributed by atoms with Crippen LogP contribution in [0.15, 0.2) is 10.7 Å². The lowest BCUT2D eigenvalue weighted by Gasteiger charge is -2.34. The maximum absolute atomic E-state index is 9.75. The number of nitriles is 1. The van der Waals surface area contributed by atoms with E-state index < -0.39 is 0 Å². The van der Waals surface area contributed by atoms with Crippen molar-refractivity contribution < 1.29 is 4.74 Å². The highest BCUT2D eigenvalue weighted by molar-refractivity contribution is 9.10. The van der Waals surface area contributed by atoms with E-state index in [1.165, 1.54) is 0 Å². The highest BCUT2D eigenvalue weighted by Crippen LogP contribution is 2.51. The lowest BCUT2D eigenvalue weighted by atomic mass is 9.96. The lowest BCUT2D eigenvalue weighted by Crippen LogP contribution is -2.44. The number of hydrogen-bond acceptors (Lipinski definition) is 5. The fourth-order valence-corrected chi connectivity index (χ4v) is 3.98. The second kappa shape index (κ2) is 5.71. The highest BCUT2D eigenvalue weighted by atomic mass is 79.9. The SMILES string of the molecule is CCn1nc(Br)c2nc(N3CCOC[C@H]3C)cc(C3(C#N)CC3)c21. The van der Waals surface area contributed by atoms with Gasteiger partial charge in [0.05, 0.1) is 36.3 Å². The Bertz CT molecular complexity index is 836. The minimum absolute atomic E-state index is 0.272. The number of rotatable bonds is 3. The third-order valence-corrected chi connectivity index (χ3v) is 5.62. The molecule has 2 aliphatic rings. The van der Waals surface area contributed by atoms with Gasteiger partial charge in [-0.05, 0) is 48.7 Å². The van der Waals surface area contributed by atoms with E-state index >= 15 is 0 Å². The van der Waals surface area contributed by atoms with Gasteiger partial charge in [-0.3, -0.25) is 4.68 Å². The summed E-state index contributed by atoms with van der Waals surface area (Å²) in [4.78, 5) is 7.16. The Hall–Kier alpha value is -1.65. The van der Waals surface area contributed by atoms with Crippen molar-refractivity contribution in [2.45, 2.75) is 44.7 Å². The number of anilines is 1. The molecule has 1 saturated carbocycles. The summed E-state index contributed by atoms with van der Waals surface area (Å²) in [5.41, 5.74) is 2.54. The second-order valence-electron chi connectivity index (χ2n) is 6.64. The topological polar surface area (TPSA) is 67.0 Å². The smallest absolute Gasteiger partial charge is 0.154 e. The van der Waals surface area contributed by atoms with Gasteiger partial charge in [0.1, 0.15) is 11.3 Å². The number of pyridine rings is 1. The van der Waals surface area contributed by atoms with E-state index in [2.05, 4.69) is 51.9 Å². The molecule has 0 aromatic carbocycles. The number of aromatic nitrogens is 3. The molecule has 126 valence electrons. The summed E-state index contributed by atoms with van der Waals surface area (Å²) < 4.78 is 8.25. The lowest BCUT2D eigenvalue weighted by molar-refractivity contribution is 0.0985. The first kappa shape index (κ1) is 15.9. The van der Waals surface area contributed by atoms with Crippen LogP contribution in [0.2, 0.25) is 0 Å². The Morgan fingerprint density at radius 3 is 2.92 bits per heavy atom. The van der Waals surface area contributed by atoms with E-state index in [1.54, 1.807) is 0 Å². The van der Waals surface area contributed by atoms with E-state index in [9.17, 15) is 5.26 Å². The first-order chi connectivity index (χ1) is 11.6. The van der Waals surface area contributed by atoms with Crippen LogP contribution in [0.1, 0.15) is 32.3 Å². The minimum atomic E-state index is -0.377. The quantitative estimate of drug-likeness (QED) is 0.806. The summed E-state index contributed by atoms with van der Waals surface area (Å²) in [6, 6.07) is 4.92. The van der Waals surface area contributed by atoms with Gasteiger partial charge < -0.3 is 9.64 Å². The zero-order valence-corrected chi connectivity index (χ0v) is 15.5. The van der Waals surface area contributed by atoms with E-state index in [4.69, 9.17) is 9.72 Å². The molecule has 0 spiro atoms. The molecule has 0 radical (unpaired) electrons. The van der Waals surface area contributed by atoms with Crippen molar-refractivity contribution in [1.82, 2.24) is 14.8 Å². The Morgan fingerprint density at radius 1 is 1.50 bits per heavy atom. The Labute approximate surface area is 149 Å². The van der Waals surface area contributed by atoms with Gasteiger partial charge in [-0.1, -0.05) is 0 Å². The van der Waals surface area contributed by atoms with Crippen molar-refractivity contribution in [2.24, 2.45) is 0 Å². The molecular formula is C17H20BrN5O. The van der Waals surface area contributed by atoms with Crippen LogP contribution >= 0.6 is 15.9 Å². The molecule has 6 nitrogen and oxygen atoms in total. The van der Waals surface area contributed by atoms with Gasteiger partial charge in [-0.15, -0.1) is 0 Å². The molecule has 1 aliphatic heterocycles. The fraction of sp³-hybridized carbons (Fsp3) is 0.588. The molecule has 1 atom stereocenters. The number of nitrogens with zero attached hydrogens (tertiary/aromatic N) is 5. The predicted octanol–water partition coefficient (Wildman–Crippen LogP) is 2.99. The summed E-state index contributed by atoms with van der Waals surface area (Å²) in [7, 11) is 0. The molecule has 2 aromatic rings. The van der Waals surface area contributed by atoms with Gasteiger partial charge >= 0.3 is 0 Å². The van der Waals surface area contributed by atoms with Crippen molar-refractivity contribution >= 4 is 32.8 Å². The Kier molecular flexibility index (Phi) is 3.77. The van der Waals surface area contributed by atoms with Crippen LogP contribution in [-0.2, 0) is 16.7 Å². The third kappa shape index (κ3) is 2.32. The molecule has 1 aliphatic carbocycles. The zero-order valence-electron chi connectivity index (χ0n) is 13.9. The van der Waals surface area contributed by atoms with Crippen molar-refractivity contribution in [3.8, 4) is 6.07 Å². The van der Waals surface area contributed by atoms with Gasteiger partial charge in [-0.2, -0.15) is 10.4 Å². The van der Waals surface area contributed by atoms with Gasteiger partial charge in [0.15, 0.2) is 4.60 Å². The van der Waals surface area contributed by atoms with Gasteiger partial charge in [0.25, 0.3) is 0 Å². The summed E-state index contributed by atoms with van der Waals surface area (Å²) in [5.74, 6) is 0.922. The Morgan fingerprint density at radius 2 is 2.29 bits per heavy atom. The van der Waals surface area contributed by atoms with Crippen LogP contribution in [0.25, 0.3) is 11.0 Å². The van der Waals surface area contributed by atoms with E-state index in [1.807, 2.05) is 4.68 Å². The van der Waals surface area contributed by atoms with Crippen LogP contribution in [-0.4, -0.2) is 40.6 Å². The number of fused-ring (bicyclic) bond motifs is 1. The summed E-state index contributed by atoms with van der Waals surface area (Å²) in [6.45, 7) is 7.19. The van der Waals surface area contributed by atoms with Crippen LogP contribution < -0.4 is 4.90 Å². The summed E-state index contributed by atoms with van der Waals surface area (Å²) in [5, 5.41) is 14.3. The normalized spacial score (nSPS) is 22.6. The molecule has 24 heavy (non-hydrogen) atoms. The number of aryl methyl sites for hydroxylation is 1. The highest BCUT2D eigenvalue weighted by Gasteiger charge is 2.47. The van der Waals surface area contributed by atoms with Crippen molar-refractivity contribution in [3.05, 3.63) is 16.2 Å². The fourth-order valence-electron chi connectivity index (χ4n) is 3.51. The molecule has 0 unspecified atom stereocenters. The van der Waals surface area contributed by atoms with Crippen molar-refractivity contribution in [1.29, 1.82) is 5.26 Å². The first-order valence-corrected chi connectivity index (χ1v) is 9.22. The van der Waals surface area contributed by atoms with Crippen LogP contribution in [0, 0.1) is 11.3 Å². The van der Waals surface area contributed by atoms with E-state index in [0.717, 1.165) is 52.9 Å². The van der Waals surface area contributed by atoms with Gasteiger partial charge in [0.2, 0.25) is 0 Å². The first-order valence-electron chi connectivity index (χ1n) is 8.43. The van der Waals surface area contributed by atoms with E-state index in [-0.39, 0.29) is 11.5 Å². The minimum Gasteiger partial charge on any atom is -0.377 e. The average molecular weight is 390 g/mol. The summed E-state index contributed by atoms with van der Waals surface area (Å²) >= 11 is 3.55. The van der Waals surface area contributed by atoms with Gasteiger partial charge in [0, 0.05) is 18.7 Å². The molecule has 0 amide bonds. The molecule has 2 aromatic heterocycles. The molecular weight excluding hydrogens is 370 g/mol. The number of halogens is 1. The maximum Gasteiger partial charge on any atom is 0.154 e. The van der Waals surface area contributed by atoms with Crippen molar-refractivity contribution in [2.75, 3.05) is 24.7 Å². The monoisotopic (exact) mass is 389 g/mol. The maximum atomic E-state index is 9.75. The second-order valence-corrected chi connectivity index (χ2v) is 7.39. The standard InChI is InChI=1S/C17H20BrN5O/c1-3-23-15-12(17(10-19)4-5-17)8-13(20-14(15)16(18)21-23)22-6-7-24-9-11(22)2/h8,11H,3-7,9H2,1-2H3/t11-/m1/s1. The number of morpholine rings is 1. The molecule has 2 fully saturated rings. The molecule has 4 rings (SSSR count). The van der Waals surface area contributed by atoms with E-state index in [0.29, 0.717) is 13.2 Å².